The fourth-order valence-electron chi connectivity index (χ4n) is 2.07. The molecular weight excluding hydrogens is 236 g/mol. The number of nitrogens with one attached hydrogen (secondary N) is 1. The first kappa shape index (κ1) is 14.6. The van der Waals surface area contributed by atoms with Crippen molar-refractivity contribution in [2.75, 3.05) is 19.7 Å². The van der Waals surface area contributed by atoms with Crippen molar-refractivity contribution < 1.29 is 19.1 Å². The lowest BCUT2D eigenvalue weighted by atomic mass is 10.1. The number of piperazine rings is 1. The molecule has 2 unspecified atom stereocenters. The number of hydrogen-bond acceptors (Lipinski definition) is 5. The lowest BCUT2D eigenvalue weighted by Crippen LogP contribution is -2.58. The Morgan fingerprint density at radius 1 is 1.50 bits per heavy atom. The maximum absolute atomic E-state index is 11.6. The standard InChI is InChI=1S/C12H20N2O4/c1-4-9-11(16)13-10(15)7-14(9)6-8(3)12(17)18-5-2/h8-9H,4-7H2,1-3H3,(H,13,15,16). The second-order valence-electron chi connectivity index (χ2n) is 4.42. The summed E-state index contributed by atoms with van der Waals surface area (Å²) < 4.78 is 4.92. The third-order valence-corrected chi connectivity index (χ3v) is 2.94. The molecule has 1 aliphatic heterocycles. The molecule has 18 heavy (non-hydrogen) atoms. The monoisotopic (exact) mass is 256 g/mol. The summed E-state index contributed by atoms with van der Waals surface area (Å²) in [4.78, 5) is 36.2. The molecule has 0 spiro atoms. The lowest BCUT2D eigenvalue weighted by Gasteiger charge is -2.34. The number of nitrogens with zero attached hydrogens (tertiary/aromatic N) is 1. The Bertz CT molecular complexity index is 343. The summed E-state index contributed by atoms with van der Waals surface area (Å²) in [7, 11) is 0. The number of amides is 2. The van der Waals surface area contributed by atoms with E-state index in [2.05, 4.69) is 5.32 Å². The molecule has 1 fully saturated rings. The molecule has 6 heteroatoms. The predicted octanol–water partition coefficient (Wildman–Crippen LogP) is -0.0774. The van der Waals surface area contributed by atoms with E-state index >= 15 is 0 Å². The fraction of sp³-hybridized carbons (Fsp3) is 0.750. The Morgan fingerprint density at radius 2 is 2.17 bits per heavy atom. The van der Waals surface area contributed by atoms with Crippen LogP contribution in [-0.4, -0.2) is 48.4 Å². The van der Waals surface area contributed by atoms with Crippen molar-refractivity contribution in [1.82, 2.24) is 10.2 Å². The smallest absolute Gasteiger partial charge is 0.309 e. The average molecular weight is 256 g/mol. The number of carbonyl (C=O) groups is 3. The second-order valence-corrected chi connectivity index (χ2v) is 4.42. The molecule has 6 nitrogen and oxygen atoms in total. The molecule has 0 bridgehead atoms. The third-order valence-electron chi connectivity index (χ3n) is 2.94. The van der Waals surface area contributed by atoms with Crippen molar-refractivity contribution in [3.8, 4) is 0 Å². The Hall–Kier alpha value is -1.43. The average Bonchev–Trinajstić information content (AvgIpc) is 2.28. The van der Waals surface area contributed by atoms with Gasteiger partial charge in [0.25, 0.3) is 0 Å². The van der Waals surface area contributed by atoms with E-state index < -0.39 is 0 Å². The highest BCUT2D eigenvalue weighted by Gasteiger charge is 2.34. The number of esters is 1. The lowest BCUT2D eigenvalue weighted by molar-refractivity contribution is -0.151. The summed E-state index contributed by atoms with van der Waals surface area (Å²) in [5, 5.41) is 2.30. The number of rotatable bonds is 5. The van der Waals surface area contributed by atoms with E-state index in [4.69, 9.17) is 4.74 Å². The van der Waals surface area contributed by atoms with Crippen LogP contribution in [-0.2, 0) is 19.1 Å². The highest BCUT2D eigenvalue weighted by atomic mass is 16.5. The van der Waals surface area contributed by atoms with Gasteiger partial charge in [-0.25, -0.2) is 0 Å². The molecule has 1 saturated heterocycles. The highest BCUT2D eigenvalue weighted by Crippen LogP contribution is 2.12. The molecular formula is C12H20N2O4. The second kappa shape index (κ2) is 6.49. The van der Waals surface area contributed by atoms with E-state index in [1.54, 1.807) is 18.7 Å². The number of ether oxygens (including phenoxy) is 1. The summed E-state index contributed by atoms with van der Waals surface area (Å²) in [6.07, 6.45) is 0.606. The first-order valence-corrected chi connectivity index (χ1v) is 6.23. The molecule has 0 radical (unpaired) electrons. The van der Waals surface area contributed by atoms with Crippen molar-refractivity contribution in [2.45, 2.75) is 33.2 Å². The zero-order valence-electron chi connectivity index (χ0n) is 11.1. The van der Waals surface area contributed by atoms with Crippen LogP contribution in [0.15, 0.2) is 0 Å². The van der Waals surface area contributed by atoms with Gasteiger partial charge in [-0.3, -0.25) is 24.6 Å². The minimum atomic E-state index is -0.349. The molecule has 0 saturated carbocycles. The molecule has 1 rings (SSSR count). The van der Waals surface area contributed by atoms with Gasteiger partial charge in [0.05, 0.1) is 25.1 Å². The summed E-state index contributed by atoms with van der Waals surface area (Å²) in [5.74, 6) is -1.26. The molecule has 0 aromatic carbocycles. The SMILES string of the molecule is CCOC(=O)C(C)CN1CC(=O)NC(=O)C1CC. The van der Waals surface area contributed by atoms with Gasteiger partial charge in [-0.1, -0.05) is 13.8 Å². The van der Waals surface area contributed by atoms with Crippen LogP contribution >= 0.6 is 0 Å². The van der Waals surface area contributed by atoms with Crippen molar-refractivity contribution in [3.63, 3.8) is 0 Å². The minimum absolute atomic E-state index is 0.147. The Balaban J connectivity index is 2.65. The maximum Gasteiger partial charge on any atom is 0.309 e. The van der Waals surface area contributed by atoms with Gasteiger partial charge in [0.15, 0.2) is 0 Å². The molecule has 1 heterocycles. The highest BCUT2D eigenvalue weighted by molar-refractivity contribution is 6.01. The van der Waals surface area contributed by atoms with Crippen molar-refractivity contribution >= 4 is 17.8 Å². The zero-order valence-corrected chi connectivity index (χ0v) is 11.1. The van der Waals surface area contributed by atoms with Crippen LogP contribution in [0.4, 0.5) is 0 Å². The Morgan fingerprint density at radius 3 is 2.72 bits per heavy atom. The van der Waals surface area contributed by atoms with Gasteiger partial charge in [0.1, 0.15) is 0 Å². The van der Waals surface area contributed by atoms with Crippen LogP contribution in [0, 0.1) is 5.92 Å². The van der Waals surface area contributed by atoms with Gasteiger partial charge in [-0.05, 0) is 13.3 Å². The van der Waals surface area contributed by atoms with Gasteiger partial charge in [-0.15, -0.1) is 0 Å². The third kappa shape index (κ3) is 3.53. The van der Waals surface area contributed by atoms with Crippen LogP contribution < -0.4 is 5.32 Å². The quantitative estimate of drug-likeness (QED) is 0.550. The number of hydrogen-bond donors (Lipinski definition) is 1. The molecule has 0 aliphatic carbocycles. The predicted molar refractivity (Wildman–Crippen MR) is 64.6 cm³/mol. The van der Waals surface area contributed by atoms with Crippen LogP contribution in [0.25, 0.3) is 0 Å². The zero-order chi connectivity index (χ0) is 13.7. The van der Waals surface area contributed by atoms with Crippen molar-refractivity contribution in [1.29, 1.82) is 0 Å². The van der Waals surface area contributed by atoms with Crippen molar-refractivity contribution in [2.24, 2.45) is 5.92 Å². The van der Waals surface area contributed by atoms with Gasteiger partial charge < -0.3 is 4.74 Å². The first-order chi connectivity index (χ1) is 8.49. The first-order valence-electron chi connectivity index (χ1n) is 6.23. The number of imide groups is 1. The van der Waals surface area contributed by atoms with Crippen molar-refractivity contribution in [3.05, 3.63) is 0 Å². The van der Waals surface area contributed by atoms with Crippen LogP contribution in [0.3, 0.4) is 0 Å². The van der Waals surface area contributed by atoms with Gasteiger partial charge in [0.2, 0.25) is 11.8 Å². The van der Waals surface area contributed by atoms with E-state index in [9.17, 15) is 14.4 Å². The van der Waals surface area contributed by atoms with Gasteiger partial charge in [-0.2, -0.15) is 0 Å². The normalized spacial score (nSPS) is 22.5. The molecule has 0 aromatic rings. The largest absolute Gasteiger partial charge is 0.466 e. The fourth-order valence-corrected chi connectivity index (χ4v) is 2.07. The topological polar surface area (TPSA) is 75.7 Å². The molecule has 2 amide bonds. The van der Waals surface area contributed by atoms with Gasteiger partial charge in [0, 0.05) is 6.54 Å². The molecule has 1 aliphatic rings. The maximum atomic E-state index is 11.6. The van der Waals surface area contributed by atoms with E-state index in [1.165, 1.54) is 0 Å². The van der Waals surface area contributed by atoms with Gasteiger partial charge >= 0.3 is 5.97 Å². The molecule has 102 valence electrons. The minimum Gasteiger partial charge on any atom is -0.466 e. The summed E-state index contributed by atoms with van der Waals surface area (Å²) in [6, 6.07) is -0.348. The summed E-state index contributed by atoms with van der Waals surface area (Å²) in [6.45, 7) is 6.20. The van der Waals surface area contributed by atoms with E-state index in [0.29, 0.717) is 19.6 Å². The Labute approximate surface area is 107 Å². The van der Waals surface area contributed by atoms with E-state index in [-0.39, 0.29) is 36.3 Å². The summed E-state index contributed by atoms with van der Waals surface area (Å²) >= 11 is 0. The Kier molecular flexibility index (Phi) is 5.27. The molecule has 1 N–H and O–H groups in total. The summed E-state index contributed by atoms with van der Waals surface area (Å²) in [5.41, 5.74) is 0. The van der Waals surface area contributed by atoms with Crippen LogP contribution in [0.1, 0.15) is 27.2 Å². The number of carbonyl (C=O) groups excluding carboxylic acids is 3. The van der Waals surface area contributed by atoms with Crippen LogP contribution in [0.2, 0.25) is 0 Å². The molecule has 2 atom stereocenters. The van der Waals surface area contributed by atoms with E-state index in [1.807, 2.05) is 6.92 Å². The molecule has 0 aromatic heterocycles. The van der Waals surface area contributed by atoms with Crippen LogP contribution in [0.5, 0.6) is 0 Å². The van der Waals surface area contributed by atoms with E-state index in [0.717, 1.165) is 0 Å².